The van der Waals surface area contributed by atoms with E-state index in [0.717, 1.165) is 0 Å². The molecule has 3 rings (SSSR count). The van der Waals surface area contributed by atoms with Crippen LogP contribution in [0, 0.1) is 5.82 Å². The molecule has 0 saturated carbocycles. The fourth-order valence-corrected chi connectivity index (χ4v) is 2.63. The number of rotatable bonds is 5. The first kappa shape index (κ1) is 17.2. The van der Waals surface area contributed by atoms with E-state index in [-0.39, 0.29) is 18.3 Å². The number of carbonyl (C=O) groups is 1. The van der Waals surface area contributed by atoms with E-state index in [2.05, 4.69) is 4.98 Å². The van der Waals surface area contributed by atoms with E-state index in [0.29, 0.717) is 43.2 Å². The lowest BCUT2D eigenvalue weighted by molar-refractivity contribution is -0.137. The molecule has 1 aliphatic heterocycles. The lowest BCUT2D eigenvalue weighted by atomic mass is 10.1. The monoisotopic (exact) mass is 346 g/mol. The van der Waals surface area contributed by atoms with E-state index in [9.17, 15) is 9.18 Å². The summed E-state index contributed by atoms with van der Waals surface area (Å²) < 4.78 is 30.0. The summed E-state index contributed by atoms with van der Waals surface area (Å²) in [6, 6.07) is 6.04. The first-order valence-corrected chi connectivity index (χ1v) is 7.94. The molecule has 0 unspecified atom stereocenters. The van der Waals surface area contributed by atoms with Crippen molar-refractivity contribution in [2.45, 2.75) is 0 Å². The molecule has 6 nitrogen and oxygen atoms in total. The molecule has 0 N–H and O–H groups in total. The van der Waals surface area contributed by atoms with Crippen molar-refractivity contribution in [3.05, 3.63) is 42.5 Å². The van der Waals surface area contributed by atoms with Gasteiger partial charge in [0.15, 0.2) is 6.61 Å². The highest BCUT2D eigenvalue weighted by atomic mass is 19.1. The number of aromatic nitrogens is 1. The fourth-order valence-electron chi connectivity index (χ4n) is 2.63. The van der Waals surface area contributed by atoms with E-state index in [1.807, 2.05) is 0 Å². The van der Waals surface area contributed by atoms with E-state index in [1.165, 1.54) is 19.2 Å². The molecule has 1 fully saturated rings. The van der Waals surface area contributed by atoms with Gasteiger partial charge >= 0.3 is 0 Å². The molecular formula is C18H19FN2O4. The number of benzene rings is 1. The molecule has 0 bridgehead atoms. The third kappa shape index (κ3) is 4.24. The largest absolute Gasteiger partial charge is 0.494 e. The van der Waals surface area contributed by atoms with Gasteiger partial charge in [-0.2, -0.15) is 0 Å². The Morgan fingerprint density at radius 3 is 2.88 bits per heavy atom. The lowest BCUT2D eigenvalue weighted by Crippen LogP contribution is -2.42. The summed E-state index contributed by atoms with van der Waals surface area (Å²) in [6.45, 7) is 2.00. The molecule has 2 heterocycles. The topological polar surface area (TPSA) is 60.9 Å². The molecule has 1 aliphatic rings. The molecule has 0 atom stereocenters. The smallest absolute Gasteiger partial charge is 0.260 e. The van der Waals surface area contributed by atoms with Crippen LogP contribution in [-0.2, 0) is 9.53 Å². The zero-order valence-electron chi connectivity index (χ0n) is 13.9. The molecule has 0 spiro atoms. The van der Waals surface area contributed by atoms with Crippen molar-refractivity contribution in [3.8, 4) is 22.6 Å². The van der Waals surface area contributed by atoms with Gasteiger partial charge in [0.1, 0.15) is 17.3 Å². The van der Waals surface area contributed by atoms with Crippen LogP contribution in [0.3, 0.4) is 0 Å². The highest BCUT2D eigenvalue weighted by Crippen LogP contribution is 2.31. The van der Waals surface area contributed by atoms with Crippen LogP contribution >= 0.6 is 0 Å². The first-order valence-electron chi connectivity index (χ1n) is 7.94. The van der Waals surface area contributed by atoms with Crippen molar-refractivity contribution in [2.24, 2.45) is 0 Å². The number of ether oxygens (including phenoxy) is 3. The minimum atomic E-state index is -0.454. The van der Waals surface area contributed by atoms with Crippen LogP contribution in [0.5, 0.6) is 11.5 Å². The number of amides is 1. The average molecular weight is 346 g/mol. The van der Waals surface area contributed by atoms with Gasteiger partial charge < -0.3 is 19.1 Å². The molecule has 25 heavy (non-hydrogen) atoms. The van der Waals surface area contributed by atoms with E-state index < -0.39 is 5.82 Å². The molecule has 0 aliphatic carbocycles. The Morgan fingerprint density at radius 1 is 1.32 bits per heavy atom. The van der Waals surface area contributed by atoms with Crippen molar-refractivity contribution in [2.75, 3.05) is 40.0 Å². The zero-order valence-corrected chi connectivity index (χ0v) is 13.9. The van der Waals surface area contributed by atoms with E-state index in [4.69, 9.17) is 14.2 Å². The molecule has 1 aromatic carbocycles. The number of pyridine rings is 1. The van der Waals surface area contributed by atoms with Crippen LogP contribution in [0.2, 0.25) is 0 Å². The maximum Gasteiger partial charge on any atom is 0.260 e. The molecule has 132 valence electrons. The van der Waals surface area contributed by atoms with Crippen LogP contribution in [0.15, 0.2) is 36.7 Å². The van der Waals surface area contributed by atoms with E-state index >= 15 is 0 Å². The highest BCUT2D eigenvalue weighted by Gasteiger charge is 2.17. The van der Waals surface area contributed by atoms with Crippen LogP contribution < -0.4 is 9.47 Å². The number of hydrogen-bond donors (Lipinski definition) is 0. The Labute approximate surface area is 145 Å². The summed E-state index contributed by atoms with van der Waals surface area (Å²) >= 11 is 0. The Morgan fingerprint density at radius 2 is 2.12 bits per heavy atom. The summed E-state index contributed by atoms with van der Waals surface area (Å²) in [6.07, 6.45) is 3.16. The van der Waals surface area contributed by atoms with Gasteiger partial charge in [-0.05, 0) is 23.8 Å². The summed E-state index contributed by atoms with van der Waals surface area (Å²) in [5.41, 5.74) is 1.29. The maximum absolute atomic E-state index is 14.0. The second kappa shape index (κ2) is 7.94. The normalized spacial score (nSPS) is 14.2. The third-order valence-corrected chi connectivity index (χ3v) is 3.91. The summed E-state index contributed by atoms with van der Waals surface area (Å²) in [5.74, 6) is 0.222. The number of hydrogen-bond acceptors (Lipinski definition) is 5. The number of nitrogens with zero attached hydrogens (tertiary/aromatic N) is 2. The molecule has 7 heteroatoms. The van der Waals surface area contributed by atoms with Gasteiger partial charge in [0, 0.05) is 30.9 Å². The van der Waals surface area contributed by atoms with Gasteiger partial charge in [-0.15, -0.1) is 0 Å². The molecule has 1 aromatic heterocycles. The van der Waals surface area contributed by atoms with Gasteiger partial charge in [0.25, 0.3) is 5.91 Å². The molecule has 2 aromatic rings. The number of morpholine rings is 1. The van der Waals surface area contributed by atoms with Crippen molar-refractivity contribution in [1.29, 1.82) is 0 Å². The van der Waals surface area contributed by atoms with Crippen LogP contribution in [0.1, 0.15) is 0 Å². The number of halogens is 1. The molecule has 0 radical (unpaired) electrons. The van der Waals surface area contributed by atoms with Crippen LogP contribution in [0.25, 0.3) is 11.1 Å². The quantitative estimate of drug-likeness (QED) is 0.830. The second-order valence-electron chi connectivity index (χ2n) is 5.53. The molecule has 1 saturated heterocycles. The fraction of sp³-hybridized carbons (Fsp3) is 0.333. The van der Waals surface area contributed by atoms with Gasteiger partial charge in [-0.1, -0.05) is 0 Å². The first-order chi connectivity index (χ1) is 12.2. The minimum absolute atomic E-state index is 0.142. The Balaban J connectivity index is 1.74. The third-order valence-electron chi connectivity index (χ3n) is 3.91. The van der Waals surface area contributed by atoms with Gasteiger partial charge in [-0.3, -0.25) is 9.78 Å². The molecule has 1 amide bonds. The van der Waals surface area contributed by atoms with Gasteiger partial charge in [0.2, 0.25) is 0 Å². The zero-order chi connectivity index (χ0) is 17.6. The summed E-state index contributed by atoms with van der Waals surface area (Å²) in [5, 5.41) is 0. The SMILES string of the molecule is COc1cnccc1-c1cc(F)cc(OCC(=O)N2CCOCC2)c1. The van der Waals surface area contributed by atoms with Crippen molar-refractivity contribution >= 4 is 5.91 Å². The van der Waals surface area contributed by atoms with Gasteiger partial charge in [-0.25, -0.2) is 4.39 Å². The van der Waals surface area contributed by atoms with Crippen molar-refractivity contribution in [1.82, 2.24) is 9.88 Å². The Kier molecular flexibility index (Phi) is 5.45. The summed E-state index contributed by atoms with van der Waals surface area (Å²) in [7, 11) is 1.53. The predicted octanol–water partition coefficient (Wildman–Crippen LogP) is 2.13. The molecular weight excluding hydrogens is 327 g/mol. The Hall–Kier alpha value is -2.67. The van der Waals surface area contributed by atoms with Crippen LogP contribution in [-0.4, -0.2) is 55.8 Å². The Bertz CT molecular complexity index is 748. The van der Waals surface area contributed by atoms with Crippen molar-refractivity contribution in [3.63, 3.8) is 0 Å². The number of methoxy groups -OCH3 is 1. The van der Waals surface area contributed by atoms with Crippen molar-refractivity contribution < 1.29 is 23.4 Å². The lowest BCUT2D eigenvalue weighted by Gasteiger charge is -2.26. The maximum atomic E-state index is 14.0. The van der Waals surface area contributed by atoms with Gasteiger partial charge in [0.05, 0.1) is 26.5 Å². The highest BCUT2D eigenvalue weighted by molar-refractivity contribution is 5.78. The number of carbonyl (C=O) groups excluding carboxylic acids is 1. The van der Waals surface area contributed by atoms with Crippen LogP contribution in [0.4, 0.5) is 4.39 Å². The second-order valence-corrected chi connectivity index (χ2v) is 5.53. The standard InChI is InChI=1S/C18H19FN2O4/c1-23-17-11-20-3-2-16(17)13-8-14(19)10-15(9-13)25-12-18(22)21-4-6-24-7-5-21/h2-3,8-11H,4-7,12H2,1H3. The average Bonchev–Trinajstić information content (AvgIpc) is 2.66. The summed E-state index contributed by atoms with van der Waals surface area (Å²) in [4.78, 5) is 17.8. The predicted molar refractivity (Wildman–Crippen MR) is 89.1 cm³/mol. The van der Waals surface area contributed by atoms with E-state index in [1.54, 1.807) is 29.4 Å². The minimum Gasteiger partial charge on any atom is -0.494 e.